The second-order valence-electron chi connectivity index (χ2n) is 0.247. The summed E-state index contributed by atoms with van der Waals surface area (Å²) in [5, 5.41) is 0. The molecule has 6 heavy (non-hydrogen) atoms. The van der Waals surface area contributed by atoms with Gasteiger partial charge in [-0.25, -0.2) is 0 Å². The molecule has 0 aliphatic rings. The Morgan fingerprint density at radius 3 is 1.17 bits per heavy atom. The van der Waals surface area contributed by atoms with Gasteiger partial charge in [0, 0.05) is 0 Å². The van der Waals surface area contributed by atoms with Gasteiger partial charge in [0.25, 0.3) is 0 Å². The third kappa shape index (κ3) is 883. The molecule has 0 saturated carbocycles. The third-order valence-electron chi connectivity index (χ3n) is 0. The summed E-state index contributed by atoms with van der Waals surface area (Å²) in [6.07, 6.45) is 0. The lowest BCUT2D eigenvalue weighted by Crippen LogP contribution is -1.76. The zero-order chi connectivity index (χ0) is 5.58. The summed E-state index contributed by atoms with van der Waals surface area (Å²) >= 11 is 0. The van der Waals surface area contributed by atoms with Crippen molar-refractivity contribution in [2.24, 2.45) is 5.73 Å². The standard InChI is InChI=1S/CH5N.BF3/c1-2;2-1(3)4/h2H2,1H3;. The molecule has 0 aliphatic heterocycles. The number of hydrogen-bond donors (Lipinski definition) is 1. The molecule has 38 valence electrons. The van der Waals surface area contributed by atoms with E-state index in [1.54, 1.807) is 0 Å². The van der Waals surface area contributed by atoms with Crippen LogP contribution in [-0.4, -0.2) is 14.6 Å². The lowest BCUT2D eigenvalue weighted by Gasteiger charge is -1.55. The molecule has 0 saturated heterocycles. The molecule has 0 heterocycles. The van der Waals surface area contributed by atoms with Crippen LogP contribution in [0.25, 0.3) is 0 Å². The summed E-state index contributed by atoms with van der Waals surface area (Å²) in [5.41, 5.74) is 4.50. The van der Waals surface area contributed by atoms with E-state index in [1.165, 1.54) is 7.05 Å². The average Bonchev–Trinajstić information content (AvgIpc) is 1.41. The Balaban J connectivity index is 0. The first-order valence-electron chi connectivity index (χ1n) is 1.23. The van der Waals surface area contributed by atoms with E-state index < -0.39 is 7.54 Å². The van der Waals surface area contributed by atoms with Gasteiger partial charge in [-0.3, -0.25) is 12.9 Å². The van der Waals surface area contributed by atoms with E-state index >= 15 is 0 Å². The van der Waals surface area contributed by atoms with Gasteiger partial charge in [-0.15, -0.1) is 0 Å². The predicted octanol–water partition coefficient (Wildman–Crippen LogP) is 0.455. The molecule has 0 rings (SSSR count). The van der Waals surface area contributed by atoms with Gasteiger partial charge >= 0.3 is 7.54 Å². The monoisotopic (exact) mass is 99.0 g/mol. The SMILES string of the molecule is CN.FB(F)F. The van der Waals surface area contributed by atoms with Gasteiger partial charge in [-0.2, -0.15) is 0 Å². The smallest absolute Gasteiger partial charge is 0.333 e. The Labute approximate surface area is 34.6 Å². The molecule has 0 unspecified atom stereocenters. The summed E-state index contributed by atoms with van der Waals surface area (Å²) in [5.74, 6) is 0. The fourth-order valence-electron chi connectivity index (χ4n) is 0. The Morgan fingerprint density at radius 2 is 1.17 bits per heavy atom. The molecule has 0 fully saturated rings. The zero-order valence-corrected chi connectivity index (χ0v) is 3.29. The Morgan fingerprint density at radius 1 is 1.17 bits per heavy atom. The number of rotatable bonds is 0. The highest BCUT2D eigenvalue weighted by molar-refractivity contribution is 6.33. The third-order valence-corrected chi connectivity index (χ3v) is 0. The minimum atomic E-state index is -3.67. The minimum absolute atomic E-state index is 1.50. The molecule has 0 amide bonds. The van der Waals surface area contributed by atoms with Crippen LogP contribution in [0, 0.1) is 0 Å². The zero-order valence-electron chi connectivity index (χ0n) is 3.29. The molecule has 0 aromatic rings. The lowest BCUT2D eigenvalue weighted by molar-refractivity contribution is 0.535. The highest BCUT2D eigenvalue weighted by Gasteiger charge is 2.06. The Kier molecular flexibility index (Phi) is 13.7. The van der Waals surface area contributed by atoms with Gasteiger partial charge in [-0.05, 0) is 7.05 Å². The van der Waals surface area contributed by atoms with Crippen molar-refractivity contribution in [1.82, 2.24) is 0 Å². The molecule has 0 aromatic carbocycles. The fraction of sp³-hybridized carbons (Fsp3) is 1.00. The van der Waals surface area contributed by atoms with Crippen LogP contribution in [0.2, 0.25) is 0 Å². The highest BCUT2D eigenvalue weighted by atomic mass is 19.4. The first-order valence-corrected chi connectivity index (χ1v) is 1.23. The van der Waals surface area contributed by atoms with Crippen molar-refractivity contribution < 1.29 is 12.9 Å². The van der Waals surface area contributed by atoms with E-state index in [2.05, 4.69) is 5.73 Å². The average molecular weight is 98.9 g/mol. The van der Waals surface area contributed by atoms with Crippen LogP contribution in [0.4, 0.5) is 12.9 Å². The van der Waals surface area contributed by atoms with Crippen LogP contribution in [-0.2, 0) is 0 Å². The minimum Gasteiger partial charge on any atom is -0.333 e. The molecule has 5 heteroatoms. The summed E-state index contributed by atoms with van der Waals surface area (Å²) in [4.78, 5) is 0. The summed E-state index contributed by atoms with van der Waals surface area (Å²) < 4.78 is 29.0. The topological polar surface area (TPSA) is 26.0 Å². The van der Waals surface area contributed by atoms with Crippen LogP contribution in [0.15, 0.2) is 0 Å². The van der Waals surface area contributed by atoms with Crippen molar-refractivity contribution in [1.29, 1.82) is 0 Å². The molecule has 0 spiro atoms. The van der Waals surface area contributed by atoms with E-state index in [9.17, 15) is 12.9 Å². The maximum absolute atomic E-state index is 9.67. The van der Waals surface area contributed by atoms with E-state index in [4.69, 9.17) is 0 Å². The lowest BCUT2D eigenvalue weighted by atomic mass is 10.5. The van der Waals surface area contributed by atoms with Gasteiger partial charge in [0.15, 0.2) is 0 Å². The van der Waals surface area contributed by atoms with Gasteiger partial charge < -0.3 is 5.73 Å². The van der Waals surface area contributed by atoms with Crippen LogP contribution < -0.4 is 5.73 Å². The summed E-state index contributed by atoms with van der Waals surface area (Å²) in [6.45, 7) is 0. The quantitative estimate of drug-likeness (QED) is 0.438. The van der Waals surface area contributed by atoms with Gasteiger partial charge in [-0.1, -0.05) is 0 Å². The van der Waals surface area contributed by atoms with Crippen LogP contribution in [0.5, 0.6) is 0 Å². The first kappa shape index (κ1) is 9.26. The van der Waals surface area contributed by atoms with Gasteiger partial charge in [0.05, 0.1) is 0 Å². The van der Waals surface area contributed by atoms with Gasteiger partial charge in [0.1, 0.15) is 0 Å². The molecule has 0 radical (unpaired) electrons. The van der Waals surface area contributed by atoms with Crippen LogP contribution >= 0.6 is 0 Å². The Hall–Kier alpha value is -0.185. The van der Waals surface area contributed by atoms with E-state index in [0.29, 0.717) is 0 Å². The predicted molar refractivity (Wildman–Crippen MR) is 19.2 cm³/mol. The first-order chi connectivity index (χ1) is 2.73. The number of halogens is 3. The molecule has 2 N–H and O–H groups in total. The van der Waals surface area contributed by atoms with E-state index in [0.717, 1.165) is 0 Å². The maximum Gasteiger partial charge on any atom is 0.762 e. The van der Waals surface area contributed by atoms with Crippen LogP contribution in [0.3, 0.4) is 0 Å². The molecular weight excluding hydrogens is 93.8 g/mol. The second-order valence-corrected chi connectivity index (χ2v) is 0.247. The molecule has 0 aliphatic carbocycles. The normalized spacial score (nSPS) is 5.50. The maximum atomic E-state index is 9.67. The van der Waals surface area contributed by atoms with E-state index in [1.807, 2.05) is 0 Å². The van der Waals surface area contributed by atoms with Crippen molar-refractivity contribution in [3.05, 3.63) is 0 Å². The Bertz CT molecular complexity index is 15.5. The fourth-order valence-corrected chi connectivity index (χ4v) is 0. The molecule has 0 bridgehead atoms. The van der Waals surface area contributed by atoms with Crippen molar-refractivity contribution in [3.63, 3.8) is 0 Å². The largest absolute Gasteiger partial charge is 0.762 e. The second kappa shape index (κ2) is 8.84. The highest BCUT2D eigenvalue weighted by Crippen LogP contribution is 1.80. The van der Waals surface area contributed by atoms with Crippen molar-refractivity contribution >= 4 is 7.54 Å². The molecule has 0 aromatic heterocycles. The molecule has 0 atom stereocenters. The van der Waals surface area contributed by atoms with Crippen molar-refractivity contribution in [2.45, 2.75) is 0 Å². The van der Waals surface area contributed by atoms with Crippen LogP contribution in [0.1, 0.15) is 0 Å². The molecular formula is CH5BF3N. The molecule has 1 nitrogen and oxygen atoms in total. The van der Waals surface area contributed by atoms with Crippen molar-refractivity contribution in [2.75, 3.05) is 7.05 Å². The van der Waals surface area contributed by atoms with E-state index in [-0.39, 0.29) is 0 Å². The number of nitrogens with two attached hydrogens (primary N) is 1. The summed E-state index contributed by atoms with van der Waals surface area (Å²) in [6, 6.07) is 0. The summed E-state index contributed by atoms with van der Waals surface area (Å²) in [7, 11) is -2.17. The van der Waals surface area contributed by atoms with Gasteiger partial charge in [0.2, 0.25) is 0 Å². The van der Waals surface area contributed by atoms with Crippen molar-refractivity contribution in [3.8, 4) is 0 Å². The number of hydrogen-bond acceptors (Lipinski definition) is 1.